The maximum atomic E-state index is 12.8. The molecule has 2 heterocycles. The second-order valence-corrected chi connectivity index (χ2v) is 7.30. The lowest BCUT2D eigenvalue weighted by atomic mass is 10.1. The number of morpholine rings is 1. The third kappa shape index (κ3) is 4.55. The molecule has 1 aromatic heterocycles. The van der Waals surface area contributed by atoms with Gasteiger partial charge in [-0.2, -0.15) is 5.10 Å². The summed E-state index contributed by atoms with van der Waals surface area (Å²) in [5, 5.41) is 13.3. The molecule has 2 amide bonds. The number of anilines is 3. The van der Waals surface area contributed by atoms with Crippen molar-refractivity contribution in [1.29, 1.82) is 0 Å². The van der Waals surface area contributed by atoms with Crippen LogP contribution in [0.5, 0.6) is 0 Å². The number of aromatic amines is 1. The van der Waals surface area contributed by atoms with Crippen molar-refractivity contribution in [3.05, 3.63) is 48.2 Å². The van der Waals surface area contributed by atoms with E-state index in [1.807, 2.05) is 24.3 Å². The van der Waals surface area contributed by atoms with Crippen LogP contribution in [0.1, 0.15) is 16.9 Å². The van der Waals surface area contributed by atoms with Crippen LogP contribution in [0, 0.1) is 0 Å². The fraction of sp³-hybridized carbons (Fsp3) is 0.286. The van der Waals surface area contributed by atoms with E-state index in [1.54, 1.807) is 18.2 Å². The molecule has 0 bridgehead atoms. The van der Waals surface area contributed by atoms with Crippen LogP contribution < -0.4 is 15.5 Å². The van der Waals surface area contributed by atoms with Crippen LogP contribution >= 0.6 is 11.6 Å². The lowest BCUT2D eigenvalue weighted by molar-refractivity contribution is -0.115. The van der Waals surface area contributed by atoms with Crippen molar-refractivity contribution in [2.75, 3.05) is 47.7 Å². The van der Waals surface area contributed by atoms with Crippen molar-refractivity contribution >= 4 is 51.4 Å². The summed E-state index contributed by atoms with van der Waals surface area (Å²) in [6, 6.07) is 12.9. The lowest BCUT2D eigenvalue weighted by Crippen LogP contribution is -2.36. The molecule has 0 radical (unpaired) electrons. The first kappa shape index (κ1) is 20.2. The van der Waals surface area contributed by atoms with Gasteiger partial charge in [-0.15, -0.1) is 11.6 Å². The predicted octanol–water partition coefficient (Wildman–Crippen LogP) is 3.22. The summed E-state index contributed by atoms with van der Waals surface area (Å²) in [7, 11) is 0. The molecule has 4 rings (SSSR count). The second-order valence-electron chi connectivity index (χ2n) is 6.92. The maximum absolute atomic E-state index is 12.8. The number of halogens is 1. The number of rotatable bonds is 6. The fourth-order valence-corrected chi connectivity index (χ4v) is 3.51. The van der Waals surface area contributed by atoms with Gasteiger partial charge < -0.3 is 20.3 Å². The van der Waals surface area contributed by atoms with Crippen molar-refractivity contribution in [3.63, 3.8) is 0 Å². The normalized spacial score (nSPS) is 14.0. The minimum atomic E-state index is -0.329. The van der Waals surface area contributed by atoms with Crippen molar-refractivity contribution in [2.24, 2.45) is 0 Å². The molecule has 1 saturated heterocycles. The van der Waals surface area contributed by atoms with Crippen LogP contribution in [0.4, 0.5) is 17.1 Å². The van der Waals surface area contributed by atoms with Crippen LogP contribution in [0.15, 0.2) is 42.5 Å². The van der Waals surface area contributed by atoms with Gasteiger partial charge in [0.1, 0.15) is 0 Å². The number of carbonyl (C=O) groups is 2. The molecule has 1 aliphatic heterocycles. The third-order valence-corrected chi connectivity index (χ3v) is 5.07. The first-order valence-corrected chi connectivity index (χ1v) is 10.3. The molecular formula is C21H22ClN5O3. The first-order chi connectivity index (χ1) is 14.6. The first-order valence-electron chi connectivity index (χ1n) is 9.72. The summed E-state index contributed by atoms with van der Waals surface area (Å²) in [5.74, 6) is -0.263. The van der Waals surface area contributed by atoms with Crippen LogP contribution in [0.2, 0.25) is 0 Å². The molecule has 9 heteroatoms. The van der Waals surface area contributed by atoms with E-state index in [0.717, 1.165) is 32.0 Å². The van der Waals surface area contributed by atoms with Crippen molar-refractivity contribution < 1.29 is 14.3 Å². The Bertz CT molecular complexity index is 1040. The summed E-state index contributed by atoms with van der Waals surface area (Å²) in [6.45, 7) is 3.15. The molecule has 156 valence electrons. The highest BCUT2D eigenvalue weighted by molar-refractivity contribution is 6.19. The zero-order valence-electron chi connectivity index (χ0n) is 16.3. The number of ether oxygens (including phenoxy) is 1. The number of benzene rings is 2. The van der Waals surface area contributed by atoms with E-state index in [4.69, 9.17) is 16.3 Å². The van der Waals surface area contributed by atoms with Gasteiger partial charge in [0.25, 0.3) is 5.91 Å². The quantitative estimate of drug-likeness (QED) is 0.524. The summed E-state index contributed by atoms with van der Waals surface area (Å²) in [4.78, 5) is 26.8. The summed E-state index contributed by atoms with van der Waals surface area (Å²) < 4.78 is 5.38. The van der Waals surface area contributed by atoms with E-state index in [-0.39, 0.29) is 29.8 Å². The van der Waals surface area contributed by atoms with Gasteiger partial charge in [-0.05, 0) is 42.5 Å². The maximum Gasteiger partial charge on any atom is 0.276 e. The molecular weight excluding hydrogens is 406 g/mol. The monoisotopic (exact) mass is 427 g/mol. The molecule has 3 aromatic rings. The number of alkyl halides is 1. The Morgan fingerprint density at radius 3 is 2.53 bits per heavy atom. The number of amides is 2. The van der Waals surface area contributed by atoms with Crippen LogP contribution in [-0.4, -0.2) is 54.2 Å². The highest BCUT2D eigenvalue weighted by atomic mass is 35.5. The number of hydrogen-bond acceptors (Lipinski definition) is 5. The lowest BCUT2D eigenvalue weighted by Gasteiger charge is -2.28. The Morgan fingerprint density at radius 2 is 1.80 bits per heavy atom. The molecule has 2 aromatic carbocycles. The fourth-order valence-electron chi connectivity index (χ4n) is 3.34. The predicted molar refractivity (Wildman–Crippen MR) is 117 cm³/mol. The van der Waals surface area contributed by atoms with E-state index < -0.39 is 0 Å². The minimum Gasteiger partial charge on any atom is -0.378 e. The van der Waals surface area contributed by atoms with E-state index >= 15 is 0 Å². The Kier molecular flexibility index (Phi) is 6.15. The Balaban J connectivity index is 1.48. The zero-order valence-corrected chi connectivity index (χ0v) is 17.0. The molecule has 3 N–H and O–H groups in total. The van der Waals surface area contributed by atoms with Gasteiger partial charge in [-0.1, -0.05) is 0 Å². The summed E-state index contributed by atoms with van der Waals surface area (Å²) in [5.41, 5.74) is 3.33. The molecule has 0 aliphatic carbocycles. The number of nitrogens with one attached hydrogen (secondary N) is 3. The minimum absolute atomic E-state index is 0.181. The highest BCUT2D eigenvalue weighted by Crippen LogP contribution is 2.23. The molecule has 1 fully saturated rings. The van der Waals surface area contributed by atoms with E-state index in [9.17, 15) is 9.59 Å². The standard InChI is InChI=1S/C21H22ClN5O3/c22-8-7-19(28)23-15-3-6-18-17(13-15)20(26-25-18)21(29)24-14-1-4-16(5-2-14)27-9-11-30-12-10-27/h1-6,13H,7-12H2,(H,23,28)(H,24,29)(H,25,26). The number of carbonyl (C=O) groups excluding carboxylic acids is 2. The molecule has 0 unspecified atom stereocenters. The number of hydrogen-bond donors (Lipinski definition) is 3. The van der Waals surface area contributed by atoms with E-state index in [2.05, 4.69) is 25.7 Å². The van der Waals surface area contributed by atoms with Gasteiger partial charge >= 0.3 is 0 Å². The largest absolute Gasteiger partial charge is 0.378 e. The number of H-pyrrole nitrogens is 1. The van der Waals surface area contributed by atoms with Gasteiger partial charge in [0.15, 0.2) is 5.69 Å². The topological polar surface area (TPSA) is 99.3 Å². The second kappa shape index (κ2) is 9.15. The zero-order chi connectivity index (χ0) is 20.9. The van der Waals surface area contributed by atoms with E-state index in [1.165, 1.54) is 0 Å². The SMILES string of the molecule is O=C(CCCl)Nc1ccc2[nH]nc(C(=O)Nc3ccc(N4CCOCC4)cc3)c2c1. The molecule has 30 heavy (non-hydrogen) atoms. The third-order valence-electron chi connectivity index (χ3n) is 4.88. The average molecular weight is 428 g/mol. The number of aromatic nitrogens is 2. The highest BCUT2D eigenvalue weighted by Gasteiger charge is 2.16. The van der Waals surface area contributed by atoms with Crippen molar-refractivity contribution in [2.45, 2.75) is 6.42 Å². The summed E-state index contributed by atoms with van der Waals surface area (Å²) >= 11 is 5.60. The van der Waals surface area contributed by atoms with Crippen LogP contribution in [0.25, 0.3) is 10.9 Å². The Morgan fingerprint density at radius 1 is 1.07 bits per heavy atom. The van der Waals surface area contributed by atoms with Gasteiger partial charge in [-0.25, -0.2) is 0 Å². The summed E-state index contributed by atoms with van der Waals surface area (Å²) in [6.07, 6.45) is 0.221. The van der Waals surface area contributed by atoms with Gasteiger partial charge in [0.2, 0.25) is 5.91 Å². The Labute approximate surface area is 178 Å². The molecule has 8 nitrogen and oxygen atoms in total. The number of nitrogens with zero attached hydrogens (tertiary/aromatic N) is 2. The van der Waals surface area contributed by atoms with Gasteiger partial charge in [-0.3, -0.25) is 14.7 Å². The molecule has 0 saturated carbocycles. The van der Waals surface area contributed by atoms with Gasteiger partial charge in [0, 0.05) is 47.8 Å². The van der Waals surface area contributed by atoms with Crippen LogP contribution in [0.3, 0.4) is 0 Å². The van der Waals surface area contributed by atoms with E-state index in [0.29, 0.717) is 22.3 Å². The Hall–Kier alpha value is -3.10. The van der Waals surface area contributed by atoms with Crippen molar-refractivity contribution in [3.8, 4) is 0 Å². The molecule has 1 aliphatic rings. The van der Waals surface area contributed by atoms with Gasteiger partial charge in [0.05, 0.1) is 18.7 Å². The number of fused-ring (bicyclic) bond motifs is 1. The smallest absolute Gasteiger partial charge is 0.276 e. The van der Waals surface area contributed by atoms with Crippen LogP contribution in [-0.2, 0) is 9.53 Å². The van der Waals surface area contributed by atoms with Crippen molar-refractivity contribution in [1.82, 2.24) is 10.2 Å². The molecule has 0 atom stereocenters. The molecule has 0 spiro atoms. The average Bonchev–Trinajstić information content (AvgIpc) is 3.18.